The third-order valence-electron chi connectivity index (χ3n) is 3.52. The molecule has 0 radical (unpaired) electrons. The van der Waals surface area contributed by atoms with E-state index in [9.17, 15) is 0 Å². The van der Waals surface area contributed by atoms with E-state index in [-0.39, 0.29) is 0 Å². The van der Waals surface area contributed by atoms with Crippen molar-refractivity contribution in [3.63, 3.8) is 0 Å². The Morgan fingerprint density at radius 2 is 2.21 bits per heavy atom. The highest BCUT2D eigenvalue weighted by molar-refractivity contribution is 7.71. The van der Waals surface area contributed by atoms with Crippen LogP contribution in [0.15, 0.2) is 6.20 Å². The van der Waals surface area contributed by atoms with Crippen LogP contribution >= 0.6 is 23.6 Å². The van der Waals surface area contributed by atoms with Crippen molar-refractivity contribution in [2.24, 2.45) is 5.92 Å². The molecule has 2 aromatic rings. The molecule has 3 heterocycles. The second-order valence-electron chi connectivity index (χ2n) is 5.09. The molecule has 0 saturated carbocycles. The van der Waals surface area contributed by atoms with Crippen molar-refractivity contribution in [2.75, 3.05) is 13.1 Å². The number of nitrogens with zero attached hydrogens (tertiary/aromatic N) is 3. The lowest BCUT2D eigenvalue weighted by Gasteiger charge is -2.29. The van der Waals surface area contributed by atoms with Gasteiger partial charge in [0.1, 0.15) is 5.01 Å². The number of hydrogen-bond donors (Lipinski definition) is 2. The van der Waals surface area contributed by atoms with E-state index in [1.807, 2.05) is 6.20 Å². The third-order valence-corrected chi connectivity index (χ3v) is 4.71. The van der Waals surface area contributed by atoms with Gasteiger partial charge >= 0.3 is 0 Å². The Labute approximate surface area is 121 Å². The molecule has 0 aliphatic carbocycles. The molecule has 3 rings (SSSR count). The number of hydrogen-bond acceptors (Lipinski definition) is 5. The van der Waals surface area contributed by atoms with Gasteiger partial charge in [0.25, 0.3) is 0 Å². The maximum absolute atomic E-state index is 4.96. The van der Waals surface area contributed by atoms with E-state index in [2.05, 4.69) is 32.0 Å². The first kappa shape index (κ1) is 13.0. The summed E-state index contributed by atoms with van der Waals surface area (Å²) < 4.78 is 0.481. The minimum absolute atomic E-state index is 0.481. The van der Waals surface area contributed by atoms with Gasteiger partial charge in [-0.25, -0.2) is 4.98 Å². The molecule has 2 N–H and O–H groups in total. The van der Waals surface area contributed by atoms with Crippen LogP contribution in [0.5, 0.6) is 0 Å². The van der Waals surface area contributed by atoms with Crippen molar-refractivity contribution in [1.29, 1.82) is 0 Å². The number of aromatic amines is 2. The van der Waals surface area contributed by atoms with Gasteiger partial charge in [-0.15, -0.1) is 11.3 Å². The van der Waals surface area contributed by atoms with Crippen LogP contribution in [-0.4, -0.2) is 38.2 Å². The number of rotatable bonds is 3. The maximum atomic E-state index is 4.96. The molecule has 2 aromatic heterocycles. The summed E-state index contributed by atoms with van der Waals surface area (Å²) in [5.41, 5.74) is 0. The predicted molar refractivity (Wildman–Crippen MR) is 78.6 cm³/mol. The second kappa shape index (κ2) is 5.52. The van der Waals surface area contributed by atoms with E-state index in [1.165, 1.54) is 25.9 Å². The molecule has 0 atom stereocenters. The van der Waals surface area contributed by atoms with Crippen molar-refractivity contribution in [1.82, 2.24) is 25.1 Å². The monoisotopic (exact) mass is 295 g/mol. The normalized spacial score (nSPS) is 17.9. The van der Waals surface area contributed by atoms with Crippen molar-refractivity contribution in [3.05, 3.63) is 16.0 Å². The summed E-state index contributed by atoms with van der Waals surface area (Å²) in [6, 6.07) is 0. The molecule has 0 bridgehead atoms. The number of thiazole rings is 1. The number of piperidine rings is 1. The fraction of sp³-hybridized carbons (Fsp3) is 0.583. The summed E-state index contributed by atoms with van der Waals surface area (Å²) in [5.74, 6) is 1.65. The first-order chi connectivity index (χ1) is 9.20. The van der Waals surface area contributed by atoms with Gasteiger partial charge < -0.3 is 0 Å². The number of nitrogens with one attached hydrogen (secondary N) is 2. The highest BCUT2D eigenvalue weighted by atomic mass is 32.1. The summed E-state index contributed by atoms with van der Waals surface area (Å²) in [4.78, 5) is 12.2. The zero-order valence-electron chi connectivity index (χ0n) is 10.8. The summed E-state index contributed by atoms with van der Waals surface area (Å²) >= 11 is 6.64. The first-order valence-corrected chi connectivity index (χ1v) is 7.75. The van der Waals surface area contributed by atoms with Gasteiger partial charge in [-0.2, -0.15) is 4.98 Å². The van der Waals surface area contributed by atoms with Crippen molar-refractivity contribution < 1.29 is 0 Å². The lowest BCUT2D eigenvalue weighted by atomic mass is 9.99. The summed E-state index contributed by atoms with van der Waals surface area (Å²) in [5, 5.41) is 6.92. The molecule has 1 saturated heterocycles. The molecule has 1 aliphatic heterocycles. The van der Waals surface area contributed by atoms with E-state index in [0.717, 1.165) is 28.2 Å². The molecule has 102 valence electrons. The Hall–Kier alpha value is -1.05. The standard InChI is InChI=1S/C12H17N5S2/c1-8-2-4-17(5-3-8)7-10-13-6-9(19-10)11-14-12(18)16-15-11/h6,8H,2-5,7H2,1H3,(H2,14,15,16,18). The quantitative estimate of drug-likeness (QED) is 0.855. The van der Waals surface area contributed by atoms with Gasteiger partial charge in [-0.05, 0) is 44.1 Å². The third kappa shape index (κ3) is 3.10. The lowest BCUT2D eigenvalue weighted by Crippen LogP contribution is -2.32. The molecule has 1 fully saturated rings. The molecule has 0 amide bonds. The number of aromatic nitrogens is 4. The van der Waals surface area contributed by atoms with Gasteiger partial charge in [0, 0.05) is 6.20 Å². The van der Waals surface area contributed by atoms with Gasteiger partial charge in [-0.3, -0.25) is 15.1 Å². The second-order valence-corrected chi connectivity index (χ2v) is 6.59. The van der Waals surface area contributed by atoms with Crippen LogP contribution in [-0.2, 0) is 6.54 Å². The van der Waals surface area contributed by atoms with Crippen LogP contribution < -0.4 is 0 Å². The summed E-state index contributed by atoms with van der Waals surface area (Å²) in [6.07, 6.45) is 4.46. The van der Waals surface area contributed by atoms with E-state index in [4.69, 9.17) is 12.2 Å². The topological polar surface area (TPSA) is 60.6 Å². The van der Waals surface area contributed by atoms with Crippen LogP contribution in [0.3, 0.4) is 0 Å². The maximum Gasteiger partial charge on any atom is 0.213 e. The molecular weight excluding hydrogens is 278 g/mol. The largest absolute Gasteiger partial charge is 0.297 e. The molecule has 7 heteroatoms. The molecule has 5 nitrogen and oxygen atoms in total. The Morgan fingerprint density at radius 1 is 1.42 bits per heavy atom. The minimum Gasteiger partial charge on any atom is -0.297 e. The van der Waals surface area contributed by atoms with Crippen molar-refractivity contribution in [2.45, 2.75) is 26.3 Å². The molecular formula is C12H17N5S2. The van der Waals surface area contributed by atoms with Gasteiger partial charge in [0.05, 0.1) is 11.4 Å². The number of H-pyrrole nitrogens is 2. The van der Waals surface area contributed by atoms with Crippen molar-refractivity contribution >= 4 is 23.6 Å². The SMILES string of the molecule is CC1CCN(Cc2ncc(-c3nc(=S)[nH][nH]3)s2)CC1. The van der Waals surface area contributed by atoms with Crippen LogP contribution in [0, 0.1) is 10.7 Å². The van der Waals surface area contributed by atoms with Crippen molar-refractivity contribution in [3.8, 4) is 10.7 Å². The Morgan fingerprint density at radius 3 is 2.89 bits per heavy atom. The van der Waals surface area contributed by atoms with Crippen LogP contribution in [0.2, 0.25) is 0 Å². The highest BCUT2D eigenvalue weighted by Gasteiger charge is 2.17. The van der Waals surface area contributed by atoms with Crippen LogP contribution in [0.4, 0.5) is 0 Å². The van der Waals surface area contributed by atoms with Gasteiger partial charge in [0.2, 0.25) is 4.77 Å². The zero-order valence-corrected chi connectivity index (χ0v) is 12.5. The Balaban J connectivity index is 1.66. The Bertz CT molecular complexity index is 591. The van der Waals surface area contributed by atoms with E-state index < -0.39 is 0 Å². The molecule has 0 unspecified atom stereocenters. The fourth-order valence-corrected chi connectivity index (χ4v) is 3.34. The average molecular weight is 295 g/mol. The summed E-state index contributed by atoms with van der Waals surface area (Å²) in [6.45, 7) is 5.64. The average Bonchev–Trinajstić information content (AvgIpc) is 3.01. The molecule has 0 aromatic carbocycles. The first-order valence-electron chi connectivity index (χ1n) is 6.53. The predicted octanol–water partition coefficient (Wildman–Crippen LogP) is 2.82. The highest BCUT2D eigenvalue weighted by Crippen LogP contribution is 2.25. The molecule has 0 spiro atoms. The summed E-state index contributed by atoms with van der Waals surface area (Å²) in [7, 11) is 0. The van der Waals surface area contributed by atoms with E-state index >= 15 is 0 Å². The lowest BCUT2D eigenvalue weighted by molar-refractivity contribution is 0.185. The van der Waals surface area contributed by atoms with Crippen LogP contribution in [0.25, 0.3) is 10.7 Å². The zero-order chi connectivity index (χ0) is 13.2. The minimum atomic E-state index is 0.481. The number of likely N-dealkylation sites (tertiary alicyclic amines) is 1. The fourth-order valence-electron chi connectivity index (χ4n) is 2.29. The van der Waals surface area contributed by atoms with E-state index in [0.29, 0.717) is 4.77 Å². The van der Waals surface area contributed by atoms with Gasteiger partial charge in [-0.1, -0.05) is 6.92 Å². The molecule has 19 heavy (non-hydrogen) atoms. The van der Waals surface area contributed by atoms with E-state index in [1.54, 1.807) is 11.3 Å². The smallest absolute Gasteiger partial charge is 0.213 e. The Kier molecular flexibility index (Phi) is 3.76. The van der Waals surface area contributed by atoms with Crippen LogP contribution in [0.1, 0.15) is 24.8 Å². The van der Waals surface area contributed by atoms with Gasteiger partial charge in [0.15, 0.2) is 5.82 Å². The molecule has 1 aliphatic rings.